The minimum absolute atomic E-state index is 0.120. The number of halogens is 1. The Morgan fingerprint density at radius 3 is 2.67 bits per heavy atom. The zero-order valence-electron chi connectivity index (χ0n) is 11.3. The summed E-state index contributed by atoms with van der Waals surface area (Å²) < 4.78 is 14.1. The van der Waals surface area contributed by atoms with Crippen LogP contribution < -0.4 is 10.6 Å². The van der Waals surface area contributed by atoms with Gasteiger partial charge < -0.3 is 10.6 Å². The van der Waals surface area contributed by atoms with Gasteiger partial charge in [-0.15, -0.1) is 0 Å². The molecule has 2 N–H and O–H groups in total. The first-order valence-electron chi connectivity index (χ1n) is 6.88. The maximum Gasteiger partial charge on any atom is 0.146 e. The Morgan fingerprint density at radius 1 is 1.44 bits per heavy atom. The van der Waals surface area contributed by atoms with Crippen LogP contribution in [0.1, 0.15) is 38.2 Å². The van der Waals surface area contributed by atoms with Crippen molar-refractivity contribution >= 4 is 5.69 Å². The van der Waals surface area contributed by atoms with Crippen molar-refractivity contribution in [3.8, 4) is 0 Å². The van der Waals surface area contributed by atoms with E-state index in [2.05, 4.69) is 11.8 Å². The van der Waals surface area contributed by atoms with E-state index in [1.165, 1.54) is 19.3 Å². The molecule has 3 heteroatoms. The summed E-state index contributed by atoms with van der Waals surface area (Å²) >= 11 is 0. The van der Waals surface area contributed by atoms with Crippen LogP contribution in [0.4, 0.5) is 10.1 Å². The maximum absolute atomic E-state index is 14.1. The lowest BCUT2D eigenvalue weighted by Crippen LogP contribution is -2.37. The Morgan fingerprint density at radius 2 is 2.17 bits per heavy atom. The predicted molar refractivity (Wildman–Crippen MR) is 74.4 cm³/mol. The molecule has 0 saturated heterocycles. The predicted octanol–water partition coefficient (Wildman–Crippen LogP) is 3.09. The third kappa shape index (κ3) is 2.83. The molecule has 1 aromatic rings. The minimum Gasteiger partial charge on any atom is -0.369 e. The van der Waals surface area contributed by atoms with Gasteiger partial charge in [0.25, 0.3) is 0 Å². The molecule has 0 heterocycles. The molecule has 100 valence electrons. The van der Waals surface area contributed by atoms with E-state index in [1.54, 1.807) is 6.07 Å². The zero-order valence-corrected chi connectivity index (χ0v) is 11.3. The summed E-state index contributed by atoms with van der Waals surface area (Å²) in [6, 6.07) is 6.18. The molecule has 0 aliphatic heterocycles. The van der Waals surface area contributed by atoms with Crippen molar-refractivity contribution in [3.63, 3.8) is 0 Å². The fraction of sp³-hybridized carbons (Fsp3) is 0.600. The van der Waals surface area contributed by atoms with Gasteiger partial charge in [-0.05, 0) is 49.8 Å². The third-order valence-corrected chi connectivity index (χ3v) is 4.04. The Bertz CT molecular complexity index is 401. The van der Waals surface area contributed by atoms with Crippen molar-refractivity contribution in [1.82, 2.24) is 0 Å². The van der Waals surface area contributed by atoms with Gasteiger partial charge in [-0.2, -0.15) is 0 Å². The SMILES string of the molecule is CCC(N)Cc1ccc(N(C)C2CCC2)c(F)c1. The molecular weight excluding hydrogens is 227 g/mol. The first kappa shape index (κ1) is 13.3. The highest BCUT2D eigenvalue weighted by molar-refractivity contribution is 5.49. The monoisotopic (exact) mass is 250 g/mol. The van der Waals surface area contributed by atoms with Crippen LogP contribution in [0.2, 0.25) is 0 Å². The number of nitrogens with two attached hydrogens (primary N) is 1. The average Bonchev–Trinajstić information content (AvgIpc) is 2.26. The molecule has 18 heavy (non-hydrogen) atoms. The molecule has 0 radical (unpaired) electrons. The number of nitrogens with zero attached hydrogens (tertiary/aromatic N) is 1. The van der Waals surface area contributed by atoms with Gasteiger partial charge in [0.05, 0.1) is 5.69 Å². The molecule has 1 aromatic carbocycles. The lowest BCUT2D eigenvalue weighted by molar-refractivity contribution is 0.398. The summed E-state index contributed by atoms with van der Waals surface area (Å²) in [5.41, 5.74) is 7.61. The lowest BCUT2D eigenvalue weighted by atomic mass is 9.91. The number of anilines is 1. The van der Waals surface area contributed by atoms with E-state index < -0.39 is 0 Å². The Kier molecular flexibility index (Phi) is 4.23. The summed E-state index contributed by atoms with van der Waals surface area (Å²) in [5.74, 6) is -0.120. The van der Waals surface area contributed by atoms with Crippen molar-refractivity contribution in [2.45, 2.75) is 51.1 Å². The highest BCUT2D eigenvalue weighted by atomic mass is 19.1. The first-order valence-corrected chi connectivity index (χ1v) is 6.88. The molecule has 2 nitrogen and oxygen atoms in total. The summed E-state index contributed by atoms with van der Waals surface area (Å²) in [7, 11) is 1.99. The molecule has 2 rings (SSSR count). The zero-order chi connectivity index (χ0) is 13.1. The topological polar surface area (TPSA) is 29.3 Å². The molecule has 0 bridgehead atoms. The van der Waals surface area contributed by atoms with Crippen molar-refractivity contribution in [1.29, 1.82) is 0 Å². The van der Waals surface area contributed by atoms with Crippen molar-refractivity contribution in [3.05, 3.63) is 29.6 Å². The Hall–Kier alpha value is -1.09. The molecule has 0 amide bonds. The van der Waals surface area contributed by atoms with Crippen LogP contribution in [0, 0.1) is 5.82 Å². The van der Waals surface area contributed by atoms with Gasteiger partial charge in [-0.1, -0.05) is 13.0 Å². The molecule has 1 unspecified atom stereocenters. The van der Waals surface area contributed by atoms with Crippen LogP contribution in [0.25, 0.3) is 0 Å². The normalized spacial score (nSPS) is 17.3. The van der Waals surface area contributed by atoms with E-state index in [0.29, 0.717) is 11.7 Å². The number of hydrogen-bond acceptors (Lipinski definition) is 2. The van der Waals surface area contributed by atoms with Crippen LogP contribution in [0.15, 0.2) is 18.2 Å². The van der Waals surface area contributed by atoms with E-state index in [0.717, 1.165) is 18.4 Å². The second kappa shape index (κ2) is 5.70. The maximum atomic E-state index is 14.1. The van der Waals surface area contributed by atoms with Crippen molar-refractivity contribution in [2.24, 2.45) is 5.73 Å². The van der Waals surface area contributed by atoms with Gasteiger partial charge in [0.2, 0.25) is 0 Å². The van der Waals surface area contributed by atoms with Gasteiger partial charge in [-0.3, -0.25) is 0 Å². The van der Waals surface area contributed by atoms with Crippen LogP contribution in [-0.2, 0) is 6.42 Å². The molecule has 0 aromatic heterocycles. The molecule has 1 saturated carbocycles. The Labute approximate surface area is 109 Å². The molecule has 1 fully saturated rings. The van der Waals surface area contributed by atoms with Crippen molar-refractivity contribution in [2.75, 3.05) is 11.9 Å². The summed E-state index contributed by atoms with van der Waals surface area (Å²) in [4.78, 5) is 2.07. The molecule has 1 aliphatic rings. The Balaban J connectivity index is 2.09. The average molecular weight is 250 g/mol. The largest absolute Gasteiger partial charge is 0.369 e. The number of rotatable bonds is 5. The quantitative estimate of drug-likeness (QED) is 0.870. The minimum atomic E-state index is -0.120. The van der Waals surface area contributed by atoms with Gasteiger partial charge in [0.1, 0.15) is 5.82 Å². The highest BCUT2D eigenvalue weighted by Crippen LogP contribution is 2.30. The summed E-state index contributed by atoms with van der Waals surface area (Å²) in [6.07, 6.45) is 5.29. The van der Waals surface area contributed by atoms with Crippen LogP contribution in [0.5, 0.6) is 0 Å². The van der Waals surface area contributed by atoms with Crippen molar-refractivity contribution < 1.29 is 4.39 Å². The number of benzene rings is 1. The van der Waals surface area contributed by atoms with E-state index >= 15 is 0 Å². The van der Waals surface area contributed by atoms with Gasteiger partial charge in [0.15, 0.2) is 0 Å². The lowest BCUT2D eigenvalue weighted by Gasteiger charge is -2.36. The first-order chi connectivity index (χ1) is 8.61. The van der Waals surface area contributed by atoms with Gasteiger partial charge in [-0.25, -0.2) is 4.39 Å². The summed E-state index contributed by atoms with van der Waals surface area (Å²) in [5, 5.41) is 0. The fourth-order valence-electron chi connectivity index (χ4n) is 2.38. The van der Waals surface area contributed by atoms with Gasteiger partial charge >= 0.3 is 0 Å². The third-order valence-electron chi connectivity index (χ3n) is 4.04. The molecule has 1 atom stereocenters. The van der Waals surface area contributed by atoms with E-state index in [4.69, 9.17) is 5.73 Å². The van der Waals surface area contributed by atoms with Crippen LogP contribution in [0.3, 0.4) is 0 Å². The fourth-order valence-corrected chi connectivity index (χ4v) is 2.38. The second-order valence-electron chi connectivity index (χ2n) is 5.35. The second-order valence-corrected chi connectivity index (χ2v) is 5.35. The van der Waals surface area contributed by atoms with E-state index in [1.807, 2.05) is 19.2 Å². The van der Waals surface area contributed by atoms with E-state index in [9.17, 15) is 4.39 Å². The standard InChI is InChI=1S/C15H23FN2/c1-3-12(17)9-11-7-8-15(14(16)10-11)18(2)13-5-4-6-13/h7-8,10,12-13H,3-6,9,17H2,1-2H3. The van der Waals surface area contributed by atoms with Gasteiger partial charge in [0, 0.05) is 19.1 Å². The number of hydrogen-bond donors (Lipinski definition) is 1. The van der Waals surface area contributed by atoms with Crippen LogP contribution >= 0.6 is 0 Å². The summed E-state index contributed by atoms with van der Waals surface area (Å²) in [6.45, 7) is 2.06. The van der Waals surface area contributed by atoms with E-state index in [-0.39, 0.29) is 11.9 Å². The molecular formula is C15H23FN2. The smallest absolute Gasteiger partial charge is 0.146 e. The molecule has 0 spiro atoms. The molecule has 1 aliphatic carbocycles. The highest BCUT2D eigenvalue weighted by Gasteiger charge is 2.24. The van der Waals surface area contributed by atoms with Crippen LogP contribution in [-0.4, -0.2) is 19.1 Å².